The molecule has 6 heteroatoms. The first-order chi connectivity index (χ1) is 10.5. The third kappa shape index (κ3) is 3.42. The van der Waals surface area contributed by atoms with Crippen molar-refractivity contribution in [3.8, 4) is 0 Å². The van der Waals surface area contributed by atoms with Crippen LogP contribution in [0.5, 0.6) is 0 Å². The second kappa shape index (κ2) is 7.11. The molecule has 0 bridgehead atoms. The van der Waals surface area contributed by atoms with Gasteiger partial charge in [0.15, 0.2) is 0 Å². The minimum atomic E-state index is -0.833. The zero-order valence-electron chi connectivity index (χ0n) is 13.6. The molecule has 0 spiro atoms. The lowest BCUT2D eigenvalue weighted by molar-refractivity contribution is -0.135. The first-order valence-electron chi connectivity index (χ1n) is 8.43. The van der Waals surface area contributed by atoms with Gasteiger partial charge in [0.2, 0.25) is 5.91 Å². The number of hydrogen-bond acceptors (Lipinski definition) is 3. The molecule has 1 saturated heterocycles. The Bertz CT molecular complexity index is 440. The van der Waals surface area contributed by atoms with Gasteiger partial charge in [0.05, 0.1) is 0 Å². The van der Waals surface area contributed by atoms with Crippen molar-refractivity contribution in [2.45, 2.75) is 64.3 Å². The van der Waals surface area contributed by atoms with Gasteiger partial charge in [-0.05, 0) is 31.6 Å². The van der Waals surface area contributed by atoms with Gasteiger partial charge in [-0.1, -0.05) is 33.1 Å². The second-order valence-corrected chi connectivity index (χ2v) is 6.42. The fraction of sp³-hybridized carbons (Fsp3) is 0.812. The summed E-state index contributed by atoms with van der Waals surface area (Å²) in [4.78, 5) is 37.5. The lowest BCUT2D eigenvalue weighted by atomic mass is 9.89. The van der Waals surface area contributed by atoms with E-state index in [1.165, 1.54) is 19.3 Å². The molecule has 6 nitrogen and oxygen atoms in total. The monoisotopic (exact) mass is 309 g/mol. The SMILES string of the molecule is CCC1(CC)NC(=O)N(CC(=O)NCC2CCCCC2)C1=O. The maximum atomic E-state index is 12.4. The molecule has 124 valence electrons. The number of nitrogens with one attached hydrogen (secondary N) is 2. The zero-order chi connectivity index (χ0) is 16.2. The van der Waals surface area contributed by atoms with Gasteiger partial charge >= 0.3 is 6.03 Å². The molecule has 0 aromatic carbocycles. The van der Waals surface area contributed by atoms with Crippen molar-refractivity contribution >= 4 is 17.8 Å². The number of amides is 4. The quantitative estimate of drug-likeness (QED) is 0.734. The lowest BCUT2D eigenvalue weighted by Crippen LogP contribution is -2.47. The number of urea groups is 1. The average molecular weight is 309 g/mol. The molecule has 0 atom stereocenters. The van der Waals surface area contributed by atoms with Crippen LogP contribution in [0, 0.1) is 5.92 Å². The molecule has 22 heavy (non-hydrogen) atoms. The Morgan fingerprint density at radius 1 is 1.23 bits per heavy atom. The number of carbonyl (C=O) groups is 3. The highest BCUT2D eigenvalue weighted by Gasteiger charge is 2.49. The summed E-state index contributed by atoms with van der Waals surface area (Å²) in [5, 5.41) is 5.61. The summed E-state index contributed by atoms with van der Waals surface area (Å²) < 4.78 is 0. The predicted molar refractivity (Wildman–Crippen MR) is 83.1 cm³/mol. The van der Waals surface area contributed by atoms with Crippen LogP contribution < -0.4 is 10.6 Å². The maximum absolute atomic E-state index is 12.4. The van der Waals surface area contributed by atoms with Gasteiger partial charge in [-0.3, -0.25) is 14.5 Å². The molecule has 1 heterocycles. The normalized spacial score (nSPS) is 21.8. The molecule has 4 amide bonds. The lowest BCUT2D eigenvalue weighted by Gasteiger charge is -2.23. The summed E-state index contributed by atoms with van der Waals surface area (Å²) >= 11 is 0. The van der Waals surface area contributed by atoms with Crippen LogP contribution in [0.15, 0.2) is 0 Å². The Labute approximate surface area is 132 Å². The molecule has 2 fully saturated rings. The van der Waals surface area contributed by atoms with Crippen LogP contribution in [-0.4, -0.2) is 41.4 Å². The van der Waals surface area contributed by atoms with E-state index in [-0.39, 0.29) is 18.4 Å². The van der Waals surface area contributed by atoms with Crippen molar-refractivity contribution < 1.29 is 14.4 Å². The van der Waals surface area contributed by atoms with E-state index in [9.17, 15) is 14.4 Å². The molecule has 0 aromatic rings. The van der Waals surface area contributed by atoms with Crippen LogP contribution in [0.2, 0.25) is 0 Å². The van der Waals surface area contributed by atoms with Crippen LogP contribution in [0.3, 0.4) is 0 Å². The van der Waals surface area contributed by atoms with Gasteiger partial charge in [0.25, 0.3) is 5.91 Å². The van der Waals surface area contributed by atoms with Gasteiger partial charge in [0, 0.05) is 6.54 Å². The molecule has 1 saturated carbocycles. The molecule has 1 aliphatic heterocycles. The third-order valence-corrected chi connectivity index (χ3v) is 5.07. The van der Waals surface area contributed by atoms with Crippen molar-refractivity contribution in [2.24, 2.45) is 5.92 Å². The van der Waals surface area contributed by atoms with Crippen molar-refractivity contribution in [1.82, 2.24) is 15.5 Å². The molecule has 2 aliphatic rings. The maximum Gasteiger partial charge on any atom is 0.325 e. The first kappa shape index (κ1) is 16.8. The minimum absolute atomic E-state index is 0.181. The van der Waals surface area contributed by atoms with Crippen LogP contribution in [0.4, 0.5) is 4.79 Å². The third-order valence-electron chi connectivity index (χ3n) is 5.07. The van der Waals surface area contributed by atoms with Gasteiger partial charge in [-0.25, -0.2) is 4.79 Å². The Hall–Kier alpha value is -1.59. The number of rotatable bonds is 6. The average Bonchev–Trinajstić information content (AvgIpc) is 2.78. The highest BCUT2D eigenvalue weighted by molar-refractivity contribution is 6.08. The van der Waals surface area contributed by atoms with E-state index >= 15 is 0 Å². The molecular formula is C16H27N3O3. The molecule has 0 radical (unpaired) electrons. The molecule has 0 unspecified atom stereocenters. The Balaban J connectivity index is 1.85. The smallest absolute Gasteiger partial charge is 0.325 e. The Kier molecular flexibility index (Phi) is 5.42. The predicted octanol–water partition coefficient (Wildman–Crippen LogP) is 1.79. The van der Waals surface area contributed by atoms with E-state index in [2.05, 4.69) is 10.6 Å². The zero-order valence-corrected chi connectivity index (χ0v) is 13.6. The highest BCUT2D eigenvalue weighted by atomic mass is 16.2. The van der Waals surface area contributed by atoms with E-state index in [0.29, 0.717) is 25.3 Å². The van der Waals surface area contributed by atoms with E-state index in [1.807, 2.05) is 13.8 Å². The molecular weight excluding hydrogens is 282 g/mol. The molecule has 2 rings (SSSR count). The fourth-order valence-corrected chi connectivity index (χ4v) is 3.40. The van der Waals surface area contributed by atoms with Crippen LogP contribution in [-0.2, 0) is 9.59 Å². The van der Waals surface area contributed by atoms with Crippen molar-refractivity contribution in [3.63, 3.8) is 0 Å². The van der Waals surface area contributed by atoms with Gasteiger partial charge in [-0.15, -0.1) is 0 Å². The van der Waals surface area contributed by atoms with Crippen LogP contribution in [0.1, 0.15) is 58.8 Å². The fourth-order valence-electron chi connectivity index (χ4n) is 3.40. The summed E-state index contributed by atoms with van der Waals surface area (Å²) in [7, 11) is 0. The summed E-state index contributed by atoms with van der Waals surface area (Å²) in [6.07, 6.45) is 7.11. The second-order valence-electron chi connectivity index (χ2n) is 6.42. The summed E-state index contributed by atoms with van der Waals surface area (Å²) in [5.41, 5.74) is -0.833. The van der Waals surface area contributed by atoms with Crippen LogP contribution in [0.25, 0.3) is 0 Å². The summed E-state index contributed by atoms with van der Waals surface area (Å²) in [6, 6.07) is -0.457. The standard InChI is InChI=1S/C16H27N3O3/c1-3-16(4-2)14(21)19(15(22)18-16)11-13(20)17-10-12-8-6-5-7-9-12/h12H,3-11H2,1-2H3,(H,17,20)(H,18,22). The van der Waals surface area contributed by atoms with E-state index < -0.39 is 11.6 Å². The van der Waals surface area contributed by atoms with E-state index in [0.717, 1.165) is 17.7 Å². The largest absolute Gasteiger partial charge is 0.354 e. The van der Waals surface area contributed by atoms with Crippen molar-refractivity contribution in [2.75, 3.05) is 13.1 Å². The number of carbonyl (C=O) groups excluding carboxylic acids is 3. The summed E-state index contributed by atoms with van der Waals surface area (Å²) in [5.74, 6) is -0.00132. The van der Waals surface area contributed by atoms with E-state index in [4.69, 9.17) is 0 Å². The minimum Gasteiger partial charge on any atom is -0.354 e. The number of nitrogens with zero attached hydrogens (tertiary/aromatic N) is 1. The Morgan fingerprint density at radius 3 is 2.41 bits per heavy atom. The van der Waals surface area contributed by atoms with Crippen LogP contribution >= 0.6 is 0 Å². The molecule has 1 aliphatic carbocycles. The molecule has 0 aromatic heterocycles. The van der Waals surface area contributed by atoms with Crippen molar-refractivity contribution in [3.05, 3.63) is 0 Å². The Morgan fingerprint density at radius 2 is 1.86 bits per heavy atom. The topological polar surface area (TPSA) is 78.5 Å². The highest BCUT2D eigenvalue weighted by Crippen LogP contribution is 2.25. The molecule has 2 N–H and O–H groups in total. The van der Waals surface area contributed by atoms with Gasteiger partial charge in [-0.2, -0.15) is 0 Å². The number of hydrogen-bond donors (Lipinski definition) is 2. The number of imide groups is 1. The van der Waals surface area contributed by atoms with Gasteiger partial charge < -0.3 is 10.6 Å². The summed E-state index contributed by atoms with van der Waals surface area (Å²) in [6.45, 7) is 4.21. The van der Waals surface area contributed by atoms with Gasteiger partial charge in [0.1, 0.15) is 12.1 Å². The van der Waals surface area contributed by atoms with E-state index in [1.54, 1.807) is 0 Å². The first-order valence-corrected chi connectivity index (χ1v) is 8.43. The van der Waals surface area contributed by atoms with Crippen molar-refractivity contribution in [1.29, 1.82) is 0 Å².